The van der Waals surface area contributed by atoms with Gasteiger partial charge in [0.25, 0.3) is 0 Å². The number of hydrogen-bond donors (Lipinski definition) is 0. The fourth-order valence-corrected chi connectivity index (χ4v) is 4.24. The van der Waals surface area contributed by atoms with Gasteiger partial charge in [0.05, 0.1) is 6.54 Å². The van der Waals surface area contributed by atoms with Gasteiger partial charge in [-0.3, -0.25) is 9.59 Å². The number of rotatable bonds is 15. The van der Waals surface area contributed by atoms with E-state index in [1.54, 1.807) is 39.3 Å². The highest BCUT2D eigenvalue weighted by molar-refractivity contribution is 7.09. The molecule has 0 N–H and O–H groups in total. The van der Waals surface area contributed by atoms with Crippen LogP contribution in [0.15, 0.2) is 54.4 Å². The molecular weight excluding hydrogens is 423 g/mol. The summed E-state index contributed by atoms with van der Waals surface area (Å²) in [4.78, 5) is 30.4. The van der Waals surface area contributed by atoms with Gasteiger partial charge in [-0.1, -0.05) is 63.3 Å². The number of amides is 2. The minimum absolute atomic E-state index is 0.00778. The SMILES string of the molecule is C=CCN(CC(=O)N(Cc1ccc(F)cc1)Cc1cccs1)C(=O)CCCCCCCC. The van der Waals surface area contributed by atoms with E-state index in [2.05, 4.69) is 13.5 Å². The van der Waals surface area contributed by atoms with Crippen LogP contribution in [0.25, 0.3) is 0 Å². The minimum atomic E-state index is -0.303. The average Bonchev–Trinajstić information content (AvgIpc) is 3.30. The maximum absolute atomic E-state index is 13.3. The van der Waals surface area contributed by atoms with Gasteiger partial charge in [0.15, 0.2) is 0 Å². The Hall–Kier alpha value is -2.47. The van der Waals surface area contributed by atoms with Crippen molar-refractivity contribution < 1.29 is 14.0 Å². The fourth-order valence-electron chi connectivity index (χ4n) is 3.52. The summed E-state index contributed by atoms with van der Waals surface area (Å²) < 4.78 is 13.3. The Morgan fingerprint density at radius 3 is 2.34 bits per heavy atom. The molecule has 0 aliphatic carbocycles. The van der Waals surface area contributed by atoms with Gasteiger partial charge >= 0.3 is 0 Å². The van der Waals surface area contributed by atoms with Crippen LogP contribution >= 0.6 is 11.3 Å². The molecule has 1 aromatic carbocycles. The first-order chi connectivity index (χ1) is 15.5. The minimum Gasteiger partial charge on any atom is -0.332 e. The van der Waals surface area contributed by atoms with E-state index in [0.717, 1.165) is 29.7 Å². The second-order valence-corrected chi connectivity index (χ2v) is 9.07. The van der Waals surface area contributed by atoms with Gasteiger partial charge in [0.1, 0.15) is 12.4 Å². The average molecular weight is 459 g/mol. The van der Waals surface area contributed by atoms with Crippen LogP contribution in [-0.4, -0.2) is 34.7 Å². The van der Waals surface area contributed by atoms with Crippen LogP contribution in [0.1, 0.15) is 62.3 Å². The number of carbonyl (C=O) groups excluding carboxylic acids is 2. The van der Waals surface area contributed by atoms with E-state index in [0.29, 0.717) is 26.1 Å². The standard InChI is InChI=1S/C26H35FN2O2S/c1-3-5-6-7-8-9-12-25(30)28(17-4-2)21-26(31)29(20-24-11-10-18-32-24)19-22-13-15-23(27)16-14-22/h4,10-11,13-16,18H,2-3,5-9,12,17,19-21H2,1H3. The van der Waals surface area contributed by atoms with Crippen LogP contribution in [0.3, 0.4) is 0 Å². The van der Waals surface area contributed by atoms with Crippen molar-refractivity contribution in [3.63, 3.8) is 0 Å². The molecule has 0 radical (unpaired) electrons. The summed E-state index contributed by atoms with van der Waals surface area (Å²) in [6, 6.07) is 10.1. The Kier molecular flexibility index (Phi) is 11.7. The summed E-state index contributed by atoms with van der Waals surface area (Å²) in [5, 5.41) is 1.98. The number of unbranched alkanes of at least 4 members (excludes halogenated alkanes) is 5. The summed E-state index contributed by atoms with van der Waals surface area (Å²) in [6.07, 6.45) is 8.79. The fraction of sp³-hybridized carbons (Fsp3) is 0.462. The zero-order valence-corrected chi connectivity index (χ0v) is 19.9. The lowest BCUT2D eigenvalue weighted by molar-refractivity contribution is -0.140. The number of carbonyl (C=O) groups is 2. The molecule has 6 heteroatoms. The molecule has 1 aromatic heterocycles. The molecule has 1 heterocycles. The first kappa shape index (κ1) is 25.8. The van der Waals surface area contributed by atoms with E-state index in [1.807, 2.05) is 17.5 Å². The van der Waals surface area contributed by atoms with Crippen molar-refractivity contribution in [3.05, 3.63) is 70.7 Å². The maximum atomic E-state index is 13.3. The van der Waals surface area contributed by atoms with E-state index in [-0.39, 0.29) is 24.2 Å². The molecule has 0 fully saturated rings. The predicted octanol–water partition coefficient (Wildman–Crippen LogP) is 6.18. The number of nitrogens with zero attached hydrogens (tertiary/aromatic N) is 2. The van der Waals surface area contributed by atoms with Crippen molar-refractivity contribution in [1.29, 1.82) is 0 Å². The number of thiophene rings is 1. The van der Waals surface area contributed by atoms with Gasteiger partial charge < -0.3 is 9.80 Å². The zero-order valence-electron chi connectivity index (χ0n) is 19.1. The largest absolute Gasteiger partial charge is 0.332 e. The lowest BCUT2D eigenvalue weighted by atomic mass is 10.1. The molecule has 0 atom stereocenters. The van der Waals surface area contributed by atoms with Gasteiger partial charge in [0, 0.05) is 24.4 Å². The van der Waals surface area contributed by atoms with Crippen LogP contribution in [-0.2, 0) is 22.7 Å². The Morgan fingerprint density at radius 2 is 1.69 bits per heavy atom. The second kappa shape index (κ2) is 14.6. The highest BCUT2D eigenvalue weighted by atomic mass is 32.1. The van der Waals surface area contributed by atoms with Crippen LogP contribution in [0, 0.1) is 5.82 Å². The van der Waals surface area contributed by atoms with E-state index < -0.39 is 0 Å². The molecule has 2 aromatic rings. The lowest BCUT2D eigenvalue weighted by Gasteiger charge is -2.27. The molecule has 0 saturated heterocycles. The van der Waals surface area contributed by atoms with Crippen molar-refractivity contribution in [1.82, 2.24) is 9.80 Å². The van der Waals surface area contributed by atoms with Crippen LogP contribution in [0.5, 0.6) is 0 Å². The zero-order chi connectivity index (χ0) is 23.2. The van der Waals surface area contributed by atoms with Crippen molar-refractivity contribution in [2.24, 2.45) is 0 Å². The van der Waals surface area contributed by atoms with E-state index >= 15 is 0 Å². The van der Waals surface area contributed by atoms with Gasteiger partial charge in [0.2, 0.25) is 11.8 Å². The molecule has 4 nitrogen and oxygen atoms in total. The quantitative estimate of drug-likeness (QED) is 0.236. The summed E-state index contributed by atoms with van der Waals surface area (Å²) in [7, 11) is 0. The highest BCUT2D eigenvalue weighted by Crippen LogP contribution is 2.16. The van der Waals surface area contributed by atoms with Crippen molar-refractivity contribution >= 4 is 23.2 Å². The molecule has 0 aliphatic rings. The van der Waals surface area contributed by atoms with Gasteiger partial charge in [-0.05, 0) is 35.6 Å². The van der Waals surface area contributed by atoms with Gasteiger partial charge in [-0.2, -0.15) is 0 Å². The van der Waals surface area contributed by atoms with Crippen molar-refractivity contribution in [2.75, 3.05) is 13.1 Å². The van der Waals surface area contributed by atoms with Gasteiger partial charge in [-0.15, -0.1) is 17.9 Å². The van der Waals surface area contributed by atoms with Crippen LogP contribution in [0.4, 0.5) is 4.39 Å². The molecule has 0 aliphatic heterocycles. The van der Waals surface area contributed by atoms with Gasteiger partial charge in [-0.25, -0.2) is 4.39 Å². The first-order valence-corrected chi connectivity index (χ1v) is 12.3. The highest BCUT2D eigenvalue weighted by Gasteiger charge is 2.21. The second-order valence-electron chi connectivity index (χ2n) is 8.04. The summed E-state index contributed by atoms with van der Waals surface area (Å²) in [5.41, 5.74) is 0.852. The third-order valence-corrected chi connectivity index (χ3v) is 6.20. The lowest BCUT2D eigenvalue weighted by Crippen LogP contribution is -2.42. The number of halogens is 1. The Labute approximate surface area is 195 Å². The molecule has 32 heavy (non-hydrogen) atoms. The third kappa shape index (κ3) is 9.35. The first-order valence-electron chi connectivity index (χ1n) is 11.5. The topological polar surface area (TPSA) is 40.6 Å². The molecule has 0 unspecified atom stereocenters. The van der Waals surface area contributed by atoms with E-state index in [4.69, 9.17) is 0 Å². The number of hydrogen-bond acceptors (Lipinski definition) is 3. The molecule has 2 rings (SSSR count). The number of benzene rings is 1. The molecular formula is C26H35FN2O2S. The normalized spacial score (nSPS) is 10.7. The summed E-state index contributed by atoms with van der Waals surface area (Å²) >= 11 is 1.59. The Balaban J connectivity index is 1.99. The Bertz CT molecular complexity index is 821. The molecule has 174 valence electrons. The summed E-state index contributed by atoms with van der Waals surface area (Å²) in [5.74, 6) is -0.435. The third-order valence-electron chi connectivity index (χ3n) is 5.34. The van der Waals surface area contributed by atoms with Crippen LogP contribution < -0.4 is 0 Å². The maximum Gasteiger partial charge on any atom is 0.242 e. The summed E-state index contributed by atoms with van der Waals surface area (Å²) in [6.45, 7) is 7.13. The van der Waals surface area contributed by atoms with E-state index in [1.165, 1.54) is 31.4 Å². The molecule has 2 amide bonds. The monoisotopic (exact) mass is 458 g/mol. The molecule has 0 saturated carbocycles. The van der Waals surface area contributed by atoms with Crippen molar-refractivity contribution in [2.45, 2.75) is 65.0 Å². The predicted molar refractivity (Wildman–Crippen MR) is 130 cm³/mol. The van der Waals surface area contributed by atoms with Crippen molar-refractivity contribution in [3.8, 4) is 0 Å². The van der Waals surface area contributed by atoms with E-state index in [9.17, 15) is 14.0 Å². The smallest absolute Gasteiger partial charge is 0.242 e. The molecule has 0 spiro atoms. The molecule has 0 bridgehead atoms. The Morgan fingerprint density at radius 1 is 0.969 bits per heavy atom. The van der Waals surface area contributed by atoms with Crippen LogP contribution in [0.2, 0.25) is 0 Å².